The van der Waals surface area contributed by atoms with E-state index >= 15 is 0 Å². The minimum absolute atomic E-state index is 0.955. The number of aryl methyl sites for hydroxylation is 1. The summed E-state index contributed by atoms with van der Waals surface area (Å²) in [4.78, 5) is 5.95. The average Bonchev–Trinajstić information content (AvgIpc) is 2.83. The van der Waals surface area contributed by atoms with Crippen molar-refractivity contribution < 1.29 is 0 Å². The van der Waals surface area contributed by atoms with Gasteiger partial charge >= 0.3 is 0 Å². The molecule has 1 nitrogen and oxygen atoms in total. The first-order valence-corrected chi connectivity index (χ1v) is 7.66. The third-order valence-corrected chi connectivity index (χ3v) is 4.78. The van der Waals surface area contributed by atoms with Gasteiger partial charge in [0.2, 0.25) is 0 Å². The molecule has 1 aliphatic rings. The first kappa shape index (κ1) is 13.1. The molecule has 0 unspecified atom stereocenters. The number of allylic oxidation sites excluding steroid dienone is 5. The van der Waals surface area contributed by atoms with Crippen molar-refractivity contribution in [3.63, 3.8) is 0 Å². The van der Waals surface area contributed by atoms with Crippen LogP contribution in [0.15, 0.2) is 59.1 Å². The fraction of sp³-hybridized carbons (Fsp3) is 0.167. The highest BCUT2D eigenvalue weighted by Gasteiger charge is 2.14. The van der Waals surface area contributed by atoms with Gasteiger partial charge in [0.25, 0.3) is 0 Å². The molecule has 0 spiro atoms. The summed E-state index contributed by atoms with van der Waals surface area (Å²) in [5, 5.41) is 1.34. The molecule has 3 rings (SSSR count). The van der Waals surface area contributed by atoms with Gasteiger partial charge in [-0.3, -0.25) is 4.99 Å². The van der Waals surface area contributed by atoms with Crippen LogP contribution in [-0.4, -0.2) is 6.21 Å². The summed E-state index contributed by atoms with van der Waals surface area (Å²) < 4.78 is 1.33. The molecule has 0 N–H and O–H groups in total. The van der Waals surface area contributed by atoms with Gasteiger partial charge in [-0.15, -0.1) is 11.3 Å². The van der Waals surface area contributed by atoms with Gasteiger partial charge in [-0.25, -0.2) is 0 Å². The van der Waals surface area contributed by atoms with Gasteiger partial charge in [0.15, 0.2) is 0 Å². The van der Waals surface area contributed by atoms with Gasteiger partial charge in [0.05, 0.1) is 10.6 Å². The Kier molecular flexibility index (Phi) is 3.66. The van der Waals surface area contributed by atoms with Crippen molar-refractivity contribution in [3.8, 4) is 0 Å². The molecule has 0 fully saturated rings. The van der Waals surface area contributed by atoms with Crippen molar-refractivity contribution in [1.29, 1.82) is 0 Å². The quantitative estimate of drug-likeness (QED) is 0.641. The first-order chi connectivity index (χ1) is 9.81. The lowest BCUT2D eigenvalue weighted by Gasteiger charge is -2.08. The number of nitrogens with zero attached hydrogens (tertiary/aromatic N) is 1. The Morgan fingerprint density at radius 2 is 2.10 bits per heavy atom. The van der Waals surface area contributed by atoms with Crippen LogP contribution in [0.1, 0.15) is 23.8 Å². The van der Waals surface area contributed by atoms with Crippen LogP contribution in [0.3, 0.4) is 0 Å². The van der Waals surface area contributed by atoms with Crippen LogP contribution in [-0.2, 0) is 0 Å². The molecule has 2 heteroatoms. The van der Waals surface area contributed by atoms with Gasteiger partial charge in [-0.1, -0.05) is 42.5 Å². The summed E-state index contributed by atoms with van der Waals surface area (Å²) in [5.41, 5.74) is 3.74. The molecule has 0 saturated carbocycles. The Labute approximate surface area is 123 Å². The molecule has 1 heterocycles. The number of aliphatic imine (C=N–C) groups is 1. The van der Waals surface area contributed by atoms with Gasteiger partial charge in [-0.05, 0) is 42.9 Å². The Morgan fingerprint density at radius 1 is 1.25 bits per heavy atom. The van der Waals surface area contributed by atoms with E-state index in [1.54, 1.807) is 0 Å². The van der Waals surface area contributed by atoms with E-state index in [1.807, 2.05) is 24.5 Å². The lowest BCUT2D eigenvalue weighted by atomic mass is 10.0. The van der Waals surface area contributed by atoms with Crippen LogP contribution in [0.25, 0.3) is 15.8 Å². The van der Waals surface area contributed by atoms with Crippen LogP contribution in [0.5, 0.6) is 0 Å². The zero-order valence-electron chi connectivity index (χ0n) is 11.8. The topological polar surface area (TPSA) is 12.4 Å². The number of fused-ring (bicyclic) bond motifs is 1. The highest BCUT2D eigenvalue weighted by molar-refractivity contribution is 7.20. The van der Waals surface area contributed by atoms with Crippen molar-refractivity contribution in [1.82, 2.24) is 0 Å². The number of rotatable bonds is 2. The largest absolute Gasteiger partial charge is 0.260 e. The van der Waals surface area contributed by atoms with E-state index in [0.29, 0.717) is 0 Å². The predicted octanol–water partition coefficient (Wildman–Crippen LogP) is 5.53. The average molecular weight is 279 g/mol. The van der Waals surface area contributed by atoms with Crippen molar-refractivity contribution >= 4 is 33.3 Å². The zero-order chi connectivity index (χ0) is 13.9. The standard InChI is InChI=1S/C18H17NS/c1-3-19-17(14-9-5-4-6-10-14)18-13(2)15-11-7-8-12-16(15)20-18/h3-9,11-12H,10H2,1-2H3/b17-14-,19-3?. The molecule has 0 saturated heterocycles. The number of benzene rings is 1. The minimum atomic E-state index is 0.955. The van der Waals surface area contributed by atoms with Crippen LogP contribution in [0.4, 0.5) is 0 Å². The zero-order valence-corrected chi connectivity index (χ0v) is 12.6. The maximum Gasteiger partial charge on any atom is 0.0835 e. The van der Waals surface area contributed by atoms with E-state index in [9.17, 15) is 0 Å². The maximum absolute atomic E-state index is 4.65. The summed E-state index contributed by atoms with van der Waals surface area (Å²) in [6.45, 7) is 4.17. The van der Waals surface area contributed by atoms with E-state index in [1.165, 1.54) is 26.1 Å². The molecular weight excluding hydrogens is 262 g/mol. The molecule has 0 atom stereocenters. The molecule has 1 aromatic carbocycles. The lowest BCUT2D eigenvalue weighted by molar-refractivity contribution is 1.25. The van der Waals surface area contributed by atoms with Crippen LogP contribution in [0, 0.1) is 6.92 Å². The Balaban J connectivity index is 2.23. The van der Waals surface area contributed by atoms with Crippen LogP contribution >= 0.6 is 11.3 Å². The third-order valence-electron chi connectivity index (χ3n) is 3.50. The molecule has 0 radical (unpaired) electrons. The lowest BCUT2D eigenvalue weighted by Crippen LogP contribution is -1.89. The predicted molar refractivity (Wildman–Crippen MR) is 90.5 cm³/mol. The summed E-state index contributed by atoms with van der Waals surface area (Å²) in [5.74, 6) is 0. The number of hydrogen-bond acceptors (Lipinski definition) is 2. The van der Waals surface area contributed by atoms with E-state index in [2.05, 4.69) is 60.5 Å². The SMILES string of the molecule is CC=N/C(=C1/C=CC=CC1)c1sc2ccccc2c1C. The fourth-order valence-corrected chi connectivity index (χ4v) is 3.75. The second kappa shape index (κ2) is 5.59. The summed E-state index contributed by atoms with van der Waals surface area (Å²) in [6, 6.07) is 8.58. The van der Waals surface area contributed by atoms with Crippen molar-refractivity contribution in [3.05, 3.63) is 64.6 Å². The second-order valence-electron chi connectivity index (χ2n) is 4.80. The highest BCUT2D eigenvalue weighted by atomic mass is 32.1. The van der Waals surface area contributed by atoms with Crippen molar-refractivity contribution in [2.45, 2.75) is 20.3 Å². The second-order valence-corrected chi connectivity index (χ2v) is 5.86. The van der Waals surface area contributed by atoms with Gasteiger partial charge in [0.1, 0.15) is 0 Å². The summed E-state index contributed by atoms with van der Waals surface area (Å²) >= 11 is 1.84. The van der Waals surface area contributed by atoms with Gasteiger partial charge in [0, 0.05) is 10.9 Å². The first-order valence-electron chi connectivity index (χ1n) is 6.85. The highest BCUT2D eigenvalue weighted by Crippen LogP contribution is 2.38. The number of thiophene rings is 1. The molecular formula is C18H17NS. The smallest absolute Gasteiger partial charge is 0.0835 e. The van der Waals surface area contributed by atoms with E-state index in [4.69, 9.17) is 0 Å². The van der Waals surface area contributed by atoms with E-state index < -0.39 is 0 Å². The molecule has 1 aliphatic carbocycles. The molecule has 0 aliphatic heterocycles. The number of hydrogen-bond donors (Lipinski definition) is 0. The maximum atomic E-state index is 4.65. The molecule has 0 bridgehead atoms. The Morgan fingerprint density at radius 3 is 2.80 bits per heavy atom. The van der Waals surface area contributed by atoms with Gasteiger partial charge in [-0.2, -0.15) is 0 Å². The summed E-state index contributed by atoms with van der Waals surface area (Å²) in [6.07, 6.45) is 11.4. The molecule has 20 heavy (non-hydrogen) atoms. The van der Waals surface area contributed by atoms with Crippen molar-refractivity contribution in [2.24, 2.45) is 4.99 Å². The van der Waals surface area contributed by atoms with Crippen molar-refractivity contribution in [2.75, 3.05) is 0 Å². The molecule has 0 amide bonds. The van der Waals surface area contributed by atoms with E-state index in [-0.39, 0.29) is 0 Å². The molecule has 2 aromatic rings. The van der Waals surface area contributed by atoms with Crippen LogP contribution < -0.4 is 0 Å². The Hall–Kier alpha value is -1.93. The molecule has 1 aromatic heterocycles. The Bertz CT molecular complexity index is 757. The van der Waals surface area contributed by atoms with Gasteiger partial charge < -0.3 is 0 Å². The van der Waals surface area contributed by atoms with Crippen LogP contribution in [0.2, 0.25) is 0 Å². The van der Waals surface area contributed by atoms with E-state index in [0.717, 1.165) is 12.1 Å². The monoisotopic (exact) mass is 279 g/mol. The fourth-order valence-electron chi connectivity index (χ4n) is 2.51. The molecule has 100 valence electrons. The normalized spacial score (nSPS) is 17.3. The minimum Gasteiger partial charge on any atom is -0.260 e. The third kappa shape index (κ3) is 2.27. The summed E-state index contributed by atoms with van der Waals surface area (Å²) in [7, 11) is 0.